The second-order valence-electron chi connectivity index (χ2n) is 7.87. The first-order chi connectivity index (χ1) is 14.6. The maximum atomic E-state index is 13.2. The van der Waals surface area contributed by atoms with Crippen LogP contribution < -0.4 is 5.32 Å². The van der Waals surface area contributed by atoms with E-state index >= 15 is 0 Å². The van der Waals surface area contributed by atoms with Crippen LogP contribution in [0.15, 0.2) is 18.6 Å². The molecule has 1 saturated heterocycles. The molecule has 0 saturated carbocycles. The van der Waals surface area contributed by atoms with Crippen LogP contribution in [0.4, 0.5) is 0 Å². The molecule has 4 rings (SSSR count). The van der Waals surface area contributed by atoms with Crippen LogP contribution in [-0.4, -0.2) is 80.4 Å². The number of ether oxygens (including phenoxy) is 1. The third-order valence-electron chi connectivity index (χ3n) is 5.53. The molecule has 0 radical (unpaired) electrons. The maximum absolute atomic E-state index is 13.2. The van der Waals surface area contributed by atoms with Gasteiger partial charge >= 0.3 is 0 Å². The van der Waals surface area contributed by atoms with E-state index in [-0.39, 0.29) is 31.3 Å². The Balaban J connectivity index is 1.45. The molecule has 2 aliphatic rings. The summed E-state index contributed by atoms with van der Waals surface area (Å²) in [5, 5.41) is 21.0. The maximum Gasteiger partial charge on any atom is 0.274 e. The van der Waals surface area contributed by atoms with Crippen molar-refractivity contribution in [3.63, 3.8) is 0 Å². The van der Waals surface area contributed by atoms with Crippen molar-refractivity contribution in [2.24, 2.45) is 0 Å². The number of H-pyrrole nitrogens is 1. The fourth-order valence-corrected chi connectivity index (χ4v) is 3.93. The Kier molecular flexibility index (Phi) is 6.05. The van der Waals surface area contributed by atoms with Gasteiger partial charge in [0.2, 0.25) is 0 Å². The van der Waals surface area contributed by atoms with Gasteiger partial charge < -0.3 is 20.1 Å². The average molecular weight is 414 g/mol. The summed E-state index contributed by atoms with van der Waals surface area (Å²) in [5.74, 6) is -0.671. The third kappa shape index (κ3) is 4.49. The molecule has 0 aromatic carbocycles. The number of aromatic amines is 1. The van der Waals surface area contributed by atoms with Gasteiger partial charge in [-0.1, -0.05) is 6.42 Å². The van der Waals surface area contributed by atoms with Crippen molar-refractivity contribution < 1.29 is 19.4 Å². The van der Waals surface area contributed by atoms with Crippen LogP contribution in [0, 0.1) is 0 Å². The minimum atomic E-state index is -1.42. The van der Waals surface area contributed by atoms with Gasteiger partial charge in [0.1, 0.15) is 11.3 Å². The number of carbonyl (C=O) groups is 2. The van der Waals surface area contributed by atoms with Crippen molar-refractivity contribution in [1.82, 2.24) is 30.4 Å². The third-order valence-corrected chi connectivity index (χ3v) is 5.53. The van der Waals surface area contributed by atoms with Crippen LogP contribution in [-0.2, 0) is 17.6 Å². The molecular weight excluding hydrogens is 388 g/mol. The first kappa shape index (κ1) is 20.4. The van der Waals surface area contributed by atoms with Gasteiger partial charge in [0.05, 0.1) is 32.5 Å². The van der Waals surface area contributed by atoms with Crippen molar-refractivity contribution >= 4 is 11.8 Å². The average Bonchev–Trinajstić information content (AvgIpc) is 2.92. The summed E-state index contributed by atoms with van der Waals surface area (Å²) in [4.78, 5) is 34.8. The molecule has 10 heteroatoms. The molecule has 2 amide bonds. The van der Waals surface area contributed by atoms with E-state index < -0.39 is 11.5 Å². The van der Waals surface area contributed by atoms with Crippen molar-refractivity contribution in [3.05, 3.63) is 41.2 Å². The molecule has 30 heavy (non-hydrogen) atoms. The van der Waals surface area contributed by atoms with E-state index in [4.69, 9.17) is 4.74 Å². The van der Waals surface area contributed by atoms with E-state index in [0.29, 0.717) is 18.8 Å². The van der Waals surface area contributed by atoms with Gasteiger partial charge in [-0.15, -0.1) is 0 Å². The van der Waals surface area contributed by atoms with Gasteiger partial charge in [-0.05, 0) is 25.7 Å². The Labute approximate surface area is 174 Å². The zero-order valence-corrected chi connectivity index (χ0v) is 16.8. The monoisotopic (exact) mass is 414 g/mol. The number of nitrogens with zero attached hydrogens (tertiary/aromatic N) is 4. The number of β-amino-alcohol motifs (C(OH)–C–C–N with tert-alkyl or cyclic N) is 1. The first-order valence-electron chi connectivity index (χ1n) is 10.3. The van der Waals surface area contributed by atoms with Gasteiger partial charge in [0, 0.05) is 30.2 Å². The van der Waals surface area contributed by atoms with Crippen LogP contribution in [0.1, 0.15) is 51.5 Å². The molecule has 0 unspecified atom stereocenters. The molecule has 160 valence electrons. The number of rotatable bonds is 4. The molecule has 1 aliphatic carbocycles. The zero-order chi connectivity index (χ0) is 21.0. The minimum absolute atomic E-state index is 0.0101. The number of nitrogens with one attached hydrogen (secondary N) is 2. The number of hydrogen-bond acceptors (Lipinski definition) is 7. The fourth-order valence-electron chi connectivity index (χ4n) is 3.93. The standard InChI is InChI=1S/C20H26N6O4/c27-18(16-10-21-6-7-22-16)23-11-20(29)12-26(8-9-30-13-20)19(28)17-14-4-2-1-3-5-15(14)24-25-17/h6-7,10,29H,1-5,8-9,11-13H2,(H,23,27)(H,24,25)/t20-/m1/s1. The lowest BCUT2D eigenvalue weighted by molar-refractivity contribution is -0.0324. The summed E-state index contributed by atoms with van der Waals surface area (Å²) in [6.07, 6.45) is 9.24. The van der Waals surface area contributed by atoms with Gasteiger partial charge in [0.15, 0.2) is 5.69 Å². The lowest BCUT2D eigenvalue weighted by Crippen LogP contribution is -2.53. The number of aromatic nitrogens is 4. The van der Waals surface area contributed by atoms with Gasteiger partial charge in [-0.2, -0.15) is 5.10 Å². The zero-order valence-electron chi connectivity index (χ0n) is 16.8. The molecule has 0 spiro atoms. The van der Waals surface area contributed by atoms with Crippen LogP contribution in [0.3, 0.4) is 0 Å². The molecule has 1 aliphatic heterocycles. The van der Waals surface area contributed by atoms with Crippen LogP contribution in [0.5, 0.6) is 0 Å². The highest BCUT2D eigenvalue weighted by Crippen LogP contribution is 2.23. The Bertz CT molecular complexity index is 902. The summed E-state index contributed by atoms with van der Waals surface area (Å²) in [5.41, 5.74) is 1.19. The SMILES string of the molecule is O=C(NC[C@]1(O)COCCN(C(=O)c2n[nH]c3c2CCCCC3)C1)c1cnccn1. The Hall–Kier alpha value is -2.85. The number of aryl methyl sites for hydroxylation is 1. The highest BCUT2D eigenvalue weighted by molar-refractivity contribution is 5.94. The van der Waals surface area contributed by atoms with Gasteiger partial charge in [-0.25, -0.2) is 4.98 Å². The predicted molar refractivity (Wildman–Crippen MR) is 106 cm³/mol. The lowest BCUT2D eigenvalue weighted by atomic mass is 10.0. The van der Waals surface area contributed by atoms with E-state index in [1.54, 1.807) is 4.90 Å². The number of hydrogen-bond donors (Lipinski definition) is 3. The van der Waals surface area contributed by atoms with E-state index in [0.717, 1.165) is 43.4 Å². The summed E-state index contributed by atoms with van der Waals surface area (Å²) in [6.45, 7) is 0.620. The Morgan fingerprint density at radius 1 is 1.27 bits per heavy atom. The van der Waals surface area contributed by atoms with Crippen LogP contribution in [0.25, 0.3) is 0 Å². The quantitative estimate of drug-likeness (QED) is 0.604. The van der Waals surface area contributed by atoms with Crippen LogP contribution >= 0.6 is 0 Å². The van der Waals surface area contributed by atoms with Crippen molar-refractivity contribution in [2.45, 2.75) is 37.7 Å². The molecule has 1 atom stereocenters. The molecule has 10 nitrogen and oxygen atoms in total. The van der Waals surface area contributed by atoms with E-state index in [2.05, 4.69) is 25.5 Å². The minimum Gasteiger partial charge on any atom is -0.384 e. The molecule has 0 bridgehead atoms. The second-order valence-corrected chi connectivity index (χ2v) is 7.87. The molecule has 3 N–H and O–H groups in total. The smallest absolute Gasteiger partial charge is 0.274 e. The van der Waals surface area contributed by atoms with E-state index in [1.807, 2.05) is 0 Å². The molecule has 2 aromatic rings. The molecular formula is C20H26N6O4. The predicted octanol–water partition coefficient (Wildman–Crippen LogP) is 0.102. The molecule has 1 fully saturated rings. The summed E-state index contributed by atoms with van der Waals surface area (Å²) < 4.78 is 5.53. The lowest BCUT2D eigenvalue weighted by Gasteiger charge is -2.30. The second kappa shape index (κ2) is 8.88. The van der Waals surface area contributed by atoms with Gasteiger partial charge in [-0.3, -0.25) is 19.7 Å². The summed E-state index contributed by atoms with van der Waals surface area (Å²) >= 11 is 0. The summed E-state index contributed by atoms with van der Waals surface area (Å²) in [6, 6.07) is 0. The van der Waals surface area contributed by atoms with Crippen molar-refractivity contribution in [3.8, 4) is 0 Å². The largest absolute Gasteiger partial charge is 0.384 e. The number of fused-ring (bicyclic) bond motifs is 1. The Morgan fingerprint density at radius 2 is 2.13 bits per heavy atom. The number of carbonyl (C=O) groups excluding carboxylic acids is 2. The summed E-state index contributed by atoms with van der Waals surface area (Å²) in [7, 11) is 0. The highest BCUT2D eigenvalue weighted by atomic mass is 16.5. The fraction of sp³-hybridized carbons (Fsp3) is 0.550. The number of aliphatic hydroxyl groups is 1. The van der Waals surface area contributed by atoms with E-state index in [9.17, 15) is 14.7 Å². The van der Waals surface area contributed by atoms with Crippen molar-refractivity contribution in [2.75, 3.05) is 32.8 Å². The molecule has 2 aromatic heterocycles. The topological polar surface area (TPSA) is 133 Å². The normalized spacial score (nSPS) is 22.0. The molecule has 3 heterocycles. The Morgan fingerprint density at radius 3 is 2.97 bits per heavy atom. The van der Waals surface area contributed by atoms with Crippen LogP contribution in [0.2, 0.25) is 0 Å². The highest BCUT2D eigenvalue weighted by Gasteiger charge is 2.36. The van der Waals surface area contributed by atoms with Crippen molar-refractivity contribution in [1.29, 1.82) is 0 Å². The van der Waals surface area contributed by atoms with Gasteiger partial charge in [0.25, 0.3) is 11.8 Å². The van der Waals surface area contributed by atoms with E-state index in [1.165, 1.54) is 18.6 Å². The number of amides is 2. The first-order valence-corrected chi connectivity index (χ1v) is 10.3.